The third kappa shape index (κ3) is 4.50. The highest BCUT2D eigenvalue weighted by Crippen LogP contribution is 2.31. The summed E-state index contributed by atoms with van der Waals surface area (Å²) in [4.78, 5) is 16.4. The van der Waals surface area contributed by atoms with Crippen molar-refractivity contribution in [2.45, 2.75) is 6.92 Å². The van der Waals surface area contributed by atoms with E-state index >= 15 is 0 Å². The van der Waals surface area contributed by atoms with Gasteiger partial charge in [0.25, 0.3) is 5.91 Å². The van der Waals surface area contributed by atoms with E-state index in [1.165, 1.54) is 6.20 Å². The molecule has 1 aromatic heterocycles. The van der Waals surface area contributed by atoms with Gasteiger partial charge in [-0.05, 0) is 43.3 Å². The molecule has 0 saturated carbocycles. The van der Waals surface area contributed by atoms with Gasteiger partial charge in [0.1, 0.15) is 5.75 Å². The molecule has 0 unspecified atom stereocenters. The summed E-state index contributed by atoms with van der Waals surface area (Å²) < 4.78 is 5.61. The number of hydrogen-bond acceptors (Lipinski definition) is 3. The van der Waals surface area contributed by atoms with Crippen LogP contribution in [0, 0.1) is 6.92 Å². The fraction of sp³-hybridized carbons (Fsp3) is 0.0526. The van der Waals surface area contributed by atoms with Gasteiger partial charge in [-0.1, -0.05) is 40.9 Å². The lowest BCUT2D eigenvalue weighted by atomic mass is 10.1. The first-order valence-electron chi connectivity index (χ1n) is 7.48. The van der Waals surface area contributed by atoms with Gasteiger partial charge in [0.05, 0.1) is 16.9 Å². The molecule has 126 valence electrons. The minimum Gasteiger partial charge on any atom is -0.437 e. The molecule has 1 heterocycles. The second kappa shape index (κ2) is 7.55. The summed E-state index contributed by atoms with van der Waals surface area (Å²) in [6.07, 6.45) is 1.52. The Bertz CT molecular complexity index is 912. The number of nitrogens with zero attached hydrogens (tertiary/aromatic N) is 1. The molecule has 0 aliphatic heterocycles. The number of aromatic nitrogens is 1. The van der Waals surface area contributed by atoms with Crippen molar-refractivity contribution >= 4 is 34.8 Å². The highest BCUT2D eigenvalue weighted by atomic mass is 35.5. The first-order chi connectivity index (χ1) is 12.0. The Balaban J connectivity index is 1.69. The van der Waals surface area contributed by atoms with Gasteiger partial charge in [-0.15, -0.1) is 0 Å². The first kappa shape index (κ1) is 17.3. The monoisotopic (exact) mass is 372 g/mol. The number of anilines is 1. The molecule has 3 aromatic rings. The number of halogens is 2. The number of carbonyl (C=O) groups excluding carboxylic acids is 1. The maximum absolute atomic E-state index is 12.2. The standard InChI is InChI=1S/C19H14Cl2N2O2/c1-12-3-2-4-13(9-12)19(24)23-15-6-8-18(22-11-15)25-17-7-5-14(20)10-16(17)21/h2-11H,1H3,(H,23,24). The van der Waals surface area contributed by atoms with E-state index in [0.29, 0.717) is 32.9 Å². The van der Waals surface area contributed by atoms with Crippen molar-refractivity contribution in [3.05, 3.63) is 82.0 Å². The lowest BCUT2D eigenvalue weighted by Gasteiger charge is -2.09. The molecule has 0 radical (unpaired) electrons. The number of carbonyl (C=O) groups is 1. The average Bonchev–Trinajstić information content (AvgIpc) is 2.59. The summed E-state index contributed by atoms with van der Waals surface area (Å²) >= 11 is 11.9. The molecule has 6 heteroatoms. The van der Waals surface area contributed by atoms with Crippen molar-refractivity contribution < 1.29 is 9.53 Å². The molecule has 0 saturated heterocycles. The minimum atomic E-state index is -0.195. The second-order valence-corrected chi connectivity index (χ2v) is 6.23. The topological polar surface area (TPSA) is 51.2 Å². The van der Waals surface area contributed by atoms with Gasteiger partial charge in [-0.25, -0.2) is 4.98 Å². The van der Waals surface area contributed by atoms with E-state index in [4.69, 9.17) is 27.9 Å². The molecular formula is C19H14Cl2N2O2. The Morgan fingerprint density at radius 1 is 1.08 bits per heavy atom. The van der Waals surface area contributed by atoms with Crippen LogP contribution in [0.4, 0.5) is 5.69 Å². The van der Waals surface area contributed by atoms with Crippen LogP contribution < -0.4 is 10.1 Å². The van der Waals surface area contributed by atoms with Crippen molar-refractivity contribution in [2.24, 2.45) is 0 Å². The molecule has 4 nitrogen and oxygen atoms in total. The summed E-state index contributed by atoms with van der Waals surface area (Å²) in [5, 5.41) is 3.72. The Labute approximate surface area is 155 Å². The highest BCUT2D eigenvalue weighted by molar-refractivity contribution is 6.35. The zero-order valence-corrected chi connectivity index (χ0v) is 14.8. The number of nitrogens with one attached hydrogen (secondary N) is 1. The van der Waals surface area contributed by atoms with E-state index in [9.17, 15) is 4.79 Å². The van der Waals surface area contributed by atoms with E-state index in [1.807, 2.05) is 25.1 Å². The SMILES string of the molecule is Cc1cccc(C(=O)Nc2ccc(Oc3ccc(Cl)cc3Cl)nc2)c1. The molecule has 0 fully saturated rings. The van der Waals surface area contributed by atoms with Crippen LogP contribution in [0.25, 0.3) is 0 Å². The summed E-state index contributed by atoms with van der Waals surface area (Å²) in [6.45, 7) is 1.94. The quantitative estimate of drug-likeness (QED) is 0.634. The molecular weight excluding hydrogens is 359 g/mol. The minimum absolute atomic E-state index is 0.195. The van der Waals surface area contributed by atoms with Gasteiger partial charge in [-0.2, -0.15) is 0 Å². The zero-order chi connectivity index (χ0) is 17.8. The van der Waals surface area contributed by atoms with Crippen LogP contribution >= 0.6 is 23.2 Å². The Morgan fingerprint density at radius 2 is 1.92 bits per heavy atom. The van der Waals surface area contributed by atoms with Gasteiger partial charge >= 0.3 is 0 Å². The Hall–Kier alpha value is -2.56. The summed E-state index contributed by atoms with van der Waals surface area (Å²) in [5.74, 6) is 0.618. The molecule has 0 spiro atoms. The van der Waals surface area contributed by atoms with Gasteiger partial charge in [0, 0.05) is 16.7 Å². The van der Waals surface area contributed by atoms with E-state index in [1.54, 1.807) is 36.4 Å². The van der Waals surface area contributed by atoms with Crippen molar-refractivity contribution in [1.82, 2.24) is 4.98 Å². The van der Waals surface area contributed by atoms with E-state index < -0.39 is 0 Å². The predicted molar refractivity (Wildman–Crippen MR) is 99.9 cm³/mol. The largest absolute Gasteiger partial charge is 0.437 e. The van der Waals surface area contributed by atoms with Crippen LogP contribution in [0.15, 0.2) is 60.8 Å². The smallest absolute Gasteiger partial charge is 0.255 e. The van der Waals surface area contributed by atoms with Crippen molar-refractivity contribution in [2.75, 3.05) is 5.32 Å². The Kier molecular flexibility index (Phi) is 5.22. The average molecular weight is 373 g/mol. The maximum Gasteiger partial charge on any atom is 0.255 e. The van der Waals surface area contributed by atoms with Gasteiger partial charge in [0.2, 0.25) is 5.88 Å². The van der Waals surface area contributed by atoms with Gasteiger partial charge in [0.15, 0.2) is 0 Å². The third-order valence-electron chi connectivity index (χ3n) is 3.38. The Morgan fingerprint density at radius 3 is 2.60 bits per heavy atom. The third-order valence-corrected chi connectivity index (χ3v) is 3.91. The summed E-state index contributed by atoms with van der Waals surface area (Å²) in [6, 6.07) is 15.7. The van der Waals surface area contributed by atoms with Crippen LogP contribution in [0.2, 0.25) is 10.0 Å². The van der Waals surface area contributed by atoms with E-state index in [0.717, 1.165) is 5.56 Å². The number of pyridine rings is 1. The second-order valence-electron chi connectivity index (χ2n) is 5.39. The van der Waals surface area contributed by atoms with Crippen LogP contribution in [0.1, 0.15) is 15.9 Å². The molecule has 0 atom stereocenters. The normalized spacial score (nSPS) is 10.4. The van der Waals surface area contributed by atoms with Crippen LogP contribution in [-0.2, 0) is 0 Å². The lowest BCUT2D eigenvalue weighted by Crippen LogP contribution is -2.12. The van der Waals surface area contributed by atoms with Crippen molar-refractivity contribution in [3.63, 3.8) is 0 Å². The van der Waals surface area contributed by atoms with Gasteiger partial charge in [-0.3, -0.25) is 4.79 Å². The van der Waals surface area contributed by atoms with Crippen LogP contribution in [0.3, 0.4) is 0 Å². The van der Waals surface area contributed by atoms with E-state index in [-0.39, 0.29) is 5.91 Å². The lowest BCUT2D eigenvalue weighted by molar-refractivity contribution is 0.102. The van der Waals surface area contributed by atoms with Crippen molar-refractivity contribution in [3.8, 4) is 11.6 Å². The van der Waals surface area contributed by atoms with E-state index in [2.05, 4.69) is 10.3 Å². The zero-order valence-electron chi connectivity index (χ0n) is 13.3. The predicted octanol–water partition coefficient (Wildman–Crippen LogP) is 5.74. The number of hydrogen-bond donors (Lipinski definition) is 1. The van der Waals surface area contributed by atoms with Crippen LogP contribution in [0.5, 0.6) is 11.6 Å². The number of rotatable bonds is 4. The molecule has 0 bridgehead atoms. The highest BCUT2D eigenvalue weighted by Gasteiger charge is 2.08. The molecule has 3 rings (SSSR count). The number of benzene rings is 2. The molecule has 2 aromatic carbocycles. The fourth-order valence-corrected chi connectivity index (χ4v) is 2.62. The number of aryl methyl sites for hydroxylation is 1. The fourth-order valence-electron chi connectivity index (χ4n) is 2.17. The molecule has 1 amide bonds. The van der Waals surface area contributed by atoms with Gasteiger partial charge < -0.3 is 10.1 Å². The summed E-state index contributed by atoms with van der Waals surface area (Å²) in [7, 11) is 0. The summed E-state index contributed by atoms with van der Waals surface area (Å²) in [5.41, 5.74) is 2.18. The molecule has 0 aliphatic carbocycles. The number of amides is 1. The molecule has 25 heavy (non-hydrogen) atoms. The van der Waals surface area contributed by atoms with Crippen LogP contribution in [-0.4, -0.2) is 10.9 Å². The molecule has 0 aliphatic rings. The first-order valence-corrected chi connectivity index (χ1v) is 8.24. The maximum atomic E-state index is 12.2. The molecule has 1 N–H and O–H groups in total. The van der Waals surface area contributed by atoms with Crippen molar-refractivity contribution in [1.29, 1.82) is 0 Å². The number of ether oxygens (including phenoxy) is 1.